The number of rotatable bonds is 21. The standard InChI is InChI=1S/C26H28ClF4N7O5.C15H12ClF4N5O.C11H18N2O5/c1-37(2)20(39)7-5-4-6-16(34-25(42)43-3)23(40)33-17-8-9-18(27)38(24(17)41)13-19-35-21-14(28)12-32-15(22(21)36-19)10-11-26(29,30)31;16-10-2-1-8(21)14(26)25(10)6-11-23-12-7(17)5-22-9(13(12)24-11)3-4-15(18,19)20;1-13(2)9(14)7-5-4-6-8(10(15)16)12-11(17)18-3/h5,7-9,12,16H,4,6,10-11,13H2,1-3H3,(H,33,40)(H,34,42)(H,35,36);1-2,5H,3-4,6,21H2,(H,23,24);5,7-8H,4,6H2,1-3H3,(H,12,17)(H,15,16)/b7-5+;;7-5+/t16-;;8-/m0.0/s1. The molecule has 0 saturated heterocycles. The van der Waals surface area contributed by atoms with E-state index in [9.17, 15) is 73.5 Å². The Hall–Kier alpha value is -9.14. The number of aromatic amines is 2. The van der Waals surface area contributed by atoms with Gasteiger partial charge in [-0.2, -0.15) is 26.3 Å². The van der Waals surface area contributed by atoms with Crippen LogP contribution in [0.3, 0.4) is 0 Å². The normalized spacial score (nSPS) is 12.2. The number of carboxylic acids is 1. The number of carboxylic acid groups (broad SMARTS) is 1. The van der Waals surface area contributed by atoms with Crippen molar-refractivity contribution in [2.75, 3.05) is 53.5 Å². The van der Waals surface area contributed by atoms with Crippen LogP contribution in [-0.2, 0) is 54.6 Å². The van der Waals surface area contributed by atoms with Crippen molar-refractivity contribution in [2.24, 2.45) is 0 Å². The number of hydrogen-bond donors (Lipinski definition) is 7. The Morgan fingerprint density at radius 3 is 1.52 bits per heavy atom. The number of carbonyl (C=O) groups is 6. The first-order valence-corrected chi connectivity index (χ1v) is 26.2. The summed E-state index contributed by atoms with van der Waals surface area (Å²) in [6, 6.07) is 3.11. The third-order valence-corrected chi connectivity index (χ3v) is 12.5. The fourth-order valence-electron chi connectivity index (χ4n) is 7.34. The van der Waals surface area contributed by atoms with Crippen molar-refractivity contribution in [1.29, 1.82) is 0 Å². The van der Waals surface area contributed by atoms with E-state index >= 15 is 0 Å². The van der Waals surface area contributed by atoms with Crippen molar-refractivity contribution in [3.8, 4) is 0 Å². The SMILES string of the molecule is COC(=O)N[C@@H](CC/C=C/C(=O)N(C)C)C(=O)Nc1ccc(Cl)n(Cc2nc3c(F)cnc(CCC(F)(F)F)c3[nH]2)c1=O.COC(=O)N[C@@H](CC/C=C/C(=O)N(C)C)C(=O)O.Nc1ccc(Cl)n(Cc2nc3c(F)cnc(CCC(F)(F)F)c3[nH]2)c1=O. The van der Waals surface area contributed by atoms with Crippen LogP contribution in [0.25, 0.3) is 22.1 Å². The number of halogens is 10. The van der Waals surface area contributed by atoms with Gasteiger partial charge in [0.1, 0.15) is 50.8 Å². The van der Waals surface area contributed by atoms with Crippen LogP contribution in [0.1, 0.15) is 61.6 Å². The minimum Gasteiger partial charge on any atom is -0.480 e. The number of alkyl carbamates (subject to hydrolysis) is 2. The monoisotopic (exact) mass is 1280 g/mol. The lowest BCUT2D eigenvalue weighted by molar-refractivity contribution is -0.139. The molecular weight excluding hydrogens is 1220 g/mol. The van der Waals surface area contributed by atoms with Crippen LogP contribution >= 0.6 is 23.2 Å². The highest BCUT2D eigenvalue weighted by atomic mass is 35.5. The van der Waals surface area contributed by atoms with E-state index in [0.29, 0.717) is 6.42 Å². The van der Waals surface area contributed by atoms with E-state index in [-0.39, 0.29) is 111 Å². The first kappa shape index (κ1) is 70.3. The Morgan fingerprint density at radius 1 is 0.690 bits per heavy atom. The molecule has 0 spiro atoms. The molecule has 6 heterocycles. The largest absolute Gasteiger partial charge is 0.480 e. The molecule has 8 N–H and O–H groups in total. The van der Waals surface area contributed by atoms with Crippen LogP contribution in [-0.4, -0.2) is 157 Å². The van der Waals surface area contributed by atoms with Crippen LogP contribution in [0.2, 0.25) is 10.3 Å². The zero-order valence-corrected chi connectivity index (χ0v) is 48.5. The molecule has 0 aliphatic rings. The first-order chi connectivity index (χ1) is 40.7. The van der Waals surface area contributed by atoms with E-state index in [2.05, 4.69) is 55.3 Å². The molecule has 6 aromatic rings. The molecule has 5 amide bonds. The average molecular weight is 1280 g/mol. The van der Waals surface area contributed by atoms with Gasteiger partial charge in [-0.25, -0.2) is 33.1 Å². The number of nitrogens with two attached hydrogens (primary N) is 1. The lowest BCUT2D eigenvalue weighted by Gasteiger charge is -2.17. The highest BCUT2D eigenvalue weighted by molar-refractivity contribution is 6.30. The quantitative estimate of drug-likeness (QED) is 0.0221. The molecule has 87 heavy (non-hydrogen) atoms. The number of aryl methyl sites for hydroxylation is 2. The van der Waals surface area contributed by atoms with E-state index in [1.165, 1.54) is 52.3 Å². The van der Waals surface area contributed by atoms with E-state index in [1.54, 1.807) is 34.3 Å². The number of nitrogens with one attached hydrogen (secondary N) is 5. The van der Waals surface area contributed by atoms with E-state index in [0.717, 1.165) is 35.7 Å². The first-order valence-electron chi connectivity index (χ1n) is 25.4. The number of carbonyl (C=O) groups excluding carboxylic acids is 5. The second-order valence-electron chi connectivity index (χ2n) is 18.7. The summed E-state index contributed by atoms with van der Waals surface area (Å²) in [5.41, 5.74) is 3.51. The van der Waals surface area contributed by atoms with Gasteiger partial charge in [-0.05, 0) is 62.1 Å². The van der Waals surface area contributed by atoms with Gasteiger partial charge in [-0.3, -0.25) is 43.1 Å². The van der Waals surface area contributed by atoms with Crippen molar-refractivity contribution in [3.63, 3.8) is 0 Å². The van der Waals surface area contributed by atoms with E-state index < -0.39 is 96.9 Å². The predicted molar refractivity (Wildman–Crippen MR) is 300 cm³/mol. The Morgan fingerprint density at radius 2 is 1.10 bits per heavy atom. The topological polar surface area (TPSA) is 337 Å². The van der Waals surface area contributed by atoms with Crippen LogP contribution < -0.4 is 32.8 Å². The molecule has 6 rings (SSSR count). The number of aromatic nitrogens is 8. The summed E-state index contributed by atoms with van der Waals surface area (Å²) in [5, 5.41) is 15.8. The molecule has 2 atom stereocenters. The zero-order chi connectivity index (χ0) is 65.1. The summed E-state index contributed by atoms with van der Waals surface area (Å²) in [4.78, 5) is 118. The molecule has 0 unspecified atom stereocenters. The number of ether oxygens (including phenoxy) is 2. The summed E-state index contributed by atoms with van der Waals surface area (Å²) in [7, 11) is 8.64. The lowest BCUT2D eigenvalue weighted by Crippen LogP contribution is -2.44. The Balaban J connectivity index is 0.000000311. The minimum atomic E-state index is -4.45. The molecule has 0 aliphatic carbocycles. The molecule has 35 heteroatoms. The summed E-state index contributed by atoms with van der Waals surface area (Å²) in [6.07, 6.45) is -5.60. The molecule has 472 valence electrons. The van der Waals surface area contributed by atoms with Gasteiger partial charge in [-0.15, -0.1) is 0 Å². The Kier molecular flexibility index (Phi) is 25.7. The number of alkyl halides is 6. The molecule has 0 aromatic carbocycles. The van der Waals surface area contributed by atoms with E-state index in [1.807, 2.05) is 0 Å². The minimum absolute atomic E-state index is 0.00747. The van der Waals surface area contributed by atoms with E-state index in [4.69, 9.17) is 34.0 Å². The van der Waals surface area contributed by atoms with Crippen LogP contribution in [0.5, 0.6) is 0 Å². The van der Waals surface area contributed by atoms with Gasteiger partial charge in [0.05, 0.1) is 67.8 Å². The molecule has 6 aromatic heterocycles. The third kappa shape index (κ3) is 21.7. The lowest BCUT2D eigenvalue weighted by atomic mass is 10.1. The maximum Gasteiger partial charge on any atom is 0.407 e. The number of nitrogens with zero attached hydrogens (tertiary/aromatic N) is 8. The molecule has 0 fully saturated rings. The molecule has 0 saturated carbocycles. The highest BCUT2D eigenvalue weighted by Crippen LogP contribution is 2.27. The number of allylic oxidation sites excluding steroid dienone is 2. The maximum atomic E-state index is 14.4. The number of anilines is 2. The predicted octanol–water partition coefficient (Wildman–Crippen LogP) is 6.80. The van der Waals surface area contributed by atoms with Crippen molar-refractivity contribution in [3.05, 3.63) is 127 Å². The number of nitrogen functional groups attached to an aromatic ring is 1. The summed E-state index contributed by atoms with van der Waals surface area (Å²) < 4.78 is 115. The Labute approximate surface area is 497 Å². The summed E-state index contributed by atoms with van der Waals surface area (Å²) >= 11 is 12.2. The van der Waals surface area contributed by atoms with Gasteiger partial charge in [0.25, 0.3) is 11.1 Å². The van der Waals surface area contributed by atoms with Crippen molar-refractivity contribution in [2.45, 2.75) is 88.9 Å². The highest BCUT2D eigenvalue weighted by Gasteiger charge is 2.30. The molecule has 25 nitrogen and oxygen atoms in total. The summed E-state index contributed by atoms with van der Waals surface area (Å²) in [6.45, 7) is -0.516. The van der Waals surface area contributed by atoms with Gasteiger partial charge >= 0.3 is 30.5 Å². The third-order valence-electron chi connectivity index (χ3n) is 11.9. The maximum absolute atomic E-state index is 14.4. The number of aliphatic carboxylic acids is 1. The number of fused-ring (bicyclic) bond motifs is 2. The van der Waals surface area contributed by atoms with Crippen molar-refractivity contribution < 1.29 is 78.5 Å². The number of likely N-dealkylation sites (N-methyl/N-ethyl adjacent to an activating group) is 2. The van der Waals surface area contributed by atoms with Crippen molar-refractivity contribution in [1.82, 2.24) is 59.5 Å². The van der Waals surface area contributed by atoms with Crippen molar-refractivity contribution >= 4 is 92.5 Å². The number of amides is 5. The Bertz CT molecular complexity index is 3620. The molecule has 0 bridgehead atoms. The number of H-pyrrole nitrogens is 2. The molecular formula is C52H58Cl2F8N14O11. The number of imidazole rings is 2. The molecule has 0 aliphatic heterocycles. The number of hydrogen-bond acceptors (Lipinski definition) is 15. The van der Waals surface area contributed by atoms with Crippen LogP contribution in [0.15, 0.2) is 70.6 Å². The second-order valence-corrected chi connectivity index (χ2v) is 19.5. The second kappa shape index (κ2) is 31.8. The average Bonchev–Trinajstić information content (AvgIpc) is 2.10. The van der Waals surface area contributed by atoms with Gasteiger partial charge in [0.15, 0.2) is 11.6 Å². The number of methoxy groups -OCH3 is 2. The smallest absolute Gasteiger partial charge is 0.407 e. The summed E-state index contributed by atoms with van der Waals surface area (Å²) in [5.74, 6) is -3.90. The van der Waals surface area contributed by atoms with Gasteiger partial charge in [-0.1, -0.05) is 35.4 Å². The zero-order valence-electron chi connectivity index (χ0n) is 47.0. The fourth-order valence-corrected chi connectivity index (χ4v) is 7.73. The van der Waals surface area contributed by atoms with Crippen LogP contribution in [0.4, 0.5) is 56.1 Å². The van der Waals surface area contributed by atoms with Gasteiger partial charge in [0, 0.05) is 53.9 Å². The molecule has 0 radical (unpaired) electrons. The number of pyridine rings is 4. The van der Waals surface area contributed by atoms with Gasteiger partial charge in [0.2, 0.25) is 17.7 Å². The fraction of sp³-hybridized carbons (Fsp3) is 0.385. The van der Waals surface area contributed by atoms with Gasteiger partial charge < -0.3 is 56.0 Å². The van der Waals surface area contributed by atoms with Crippen LogP contribution in [0, 0.1) is 11.6 Å².